The zero-order chi connectivity index (χ0) is 16.8. The molecule has 0 unspecified atom stereocenters. The Balaban J connectivity index is 2.05. The van der Waals surface area contributed by atoms with Gasteiger partial charge in [0.05, 0.1) is 18.7 Å². The van der Waals surface area contributed by atoms with Crippen molar-refractivity contribution in [1.82, 2.24) is 9.80 Å². The molecular formula is C16H21ClN2O4. The summed E-state index contributed by atoms with van der Waals surface area (Å²) < 4.78 is 10.1. The molecule has 0 N–H and O–H groups in total. The Morgan fingerprint density at radius 2 is 1.87 bits per heavy atom. The molecule has 1 aromatic carbocycles. The molecule has 23 heavy (non-hydrogen) atoms. The summed E-state index contributed by atoms with van der Waals surface area (Å²) in [7, 11) is 1.36. The monoisotopic (exact) mass is 340 g/mol. The van der Waals surface area contributed by atoms with E-state index in [-0.39, 0.29) is 12.0 Å². The van der Waals surface area contributed by atoms with E-state index in [2.05, 4.69) is 0 Å². The number of ether oxygens (including phenoxy) is 2. The van der Waals surface area contributed by atoms with Crippen molar-refractivity contribution in [1.29, 1.82) is 0 Å². The summed E-state index contributed by atoms with van der Waals surface area (Å²) >= 11 is 6.14. The van der Waals surface area contributed by atoms with E-state index < -0.39 is 0 Å². The number of carbonyl (C=O) groups is 2. The van der Waals surface area contributed by atoms with E-state index in [0.29, 0.717) is 55.5 Å². The van der Waals surface area contributed by atoms with E-state index in [1.165, 1.54) is 7.11 Å². The van der Waals surface area contributed by atoms with Gasteiger partial charge in [-0.15, -0.1) is 0 Å². The Morgan fingerprint density at radius 1 is 1.17 bits per heavy atom. The first-order chi connectivity index (χ1) is 11.1. The molecule has 1 fully saturated rings. The van der Waals surface area contributed by atoms with Crippen LogP contribution in [-0.2, 0) is 4.74 Å². The first kappa shape index (κ1) is 17.4. The molecule has 0 bridgehead atoms. The molecule has 1 aliphatic heterocycles. The summed E-state index contributed by atoms with van der Waals surface area (Å²) in [5, 5.41) is 0.420. The Morgan fingerprint density at radius 3 is 2.52 bits per heavy atom. The zero-order valence-corrected chi connectivity index (χ0v) is 14.1. The molecular weight excluding hydrogens is 320 g/mol. The van der Waals surface area contributed by atoms with Gasteiger partial charge in [0.25, 0.3) is 5.91 Å². The lowest BCUT2D eigenvalue weighted by Crippen LogP contribution is -2.37. The molecule has 2 amide bonds. The van der Waals surface area contributed by atoms with Crippen LogP contribution in [0.5, 0.6) is 5.75 Å². The number of amides is 2. The number of carbonyl (C=O) groups excluding carboxylic acids is 2. The van der Waals surface area contributed by atoms with Gasteiger partial charge in [0.15, 0.2) is 0 Å². The number of methoxy groups -OCH3 is 1. The van der Waals surface area contributed by atoms with Crippen LogP contribution in [0.2, 0.25) is 5.02 Å². The Kier molecular flexibility index (Phi) is 6.10. The second-order valence-corrected chi connectivity index (χ2v) is 5.59. The summed E-state index contributed by atoms with van der Waals surface area (Å²) in [6.07, 6.45) is 0.356. The molecule has 1 heterocycles. The maximum Gasteiger partial charge on any atom is 0.409 e. The summed E-state index contributed by atoms with van der Waals surface area (Å²) in [6.45, 7) is 4.50. The summed E-state index contributed by atoms with van der Waals surface area (Å²) in [5.74, 6) is 0.472. The molecule has 0 spiro atoms. The largest absolute Gasteiger partial charge is 0.492 e. The highest BCUT2D eigenvalue weighted by Crippen LogP contribution is 2.26. The van der Waals surface area contributed by atoms with Crippen LogP contribution in [0.4, 0.5) is 4.79 Å². The molecule has 6 nitrogen and oxygen atoms in total. The standard InChI is InChI=1S/C16H21ClN2O4/c1-3-23-14-6-5-12(11-13(14)17)15(20)18-7-4-8-19(10-9-18)16(21)22-2/h5-6,11H,3-4,7-10H2,1-2H3. The SMILES string of the molecule is CCOc1ccc(C(=O)N2CCCN(C(=O)OC)CC2)cc1Cl. The summed E-state index contributed by atoms with van der Waals surface area (Å²) in [6, 6.07) is 5.04. The van der Waals surface area contributed by atoms with Crippen molar-refractivity contribution in [2.45, 2.75) is 13.3 Å². The molecule has 1 aliphatic rings. The third-order valence-corrected chi connectivity index (χ3v) is 3.99. The van der Waals surface area contributed by atoms with Gasteiger partial charge in [0, 0.05) is 31.7 Å². The molecule has 0 atom stereocenters. The smallest absolute Gasteiger partial charge is 0.409 e. The molecule has 0 radical (unpaired) electrons. The minimum absolute atomic E-state index is 0.0957. The van der Waals surface area contributed by atoms with Gasteiger partial charge in [-0.05, 0) is 31.5 Å². The number of benzene rings is 1. The van der Waals surface area contributed by atoms with Crippen molar-refractivity contribution in [3.05, 3.63) is 28.8 Å². The fourth-order valence-corrected chi connectivity index (χ4v) is 2.76. The molecule has 0 aliphatic carbocycles. The fourth-order valence-electron chi connectivity index (χ4n) is 2.52. The van der Waals surface area contributed by atoms with Gasteiger partial charge in [0.1, 0.15) is 5.75 Å². The van der Waals surface area contributed by atoms with Crippen molar-refractivity contribution in [2.24, 2.45) is 0 Å². The van der Waals surface area contributed by atoms with E-state index in [1.807, 2.05) is 6.92 Å². The van der Waals surface area contributed by atoms with Crippen LogP contribution in [0.15, 0.2) is 18.2 Å². The fraction of sp³-hybridized carbons (Fsp3) is 0.500. The van der Waals surface area contributed by atoms with Gasteiger partial charge in [0.2, 0.25) is 0 Å². The van der Waals surface area contributed by atoms with Gasteiger partial charge >= 0.3 is 6.09 Å². The lowest BCUT2D eigenvalue weighted by molar-refractivity contribution is 0.0757. The summed E-state index contributed by atoms with van der Waals surface area (Å²) in [4.78, 5) is 27.5. The highest BCUT2D eigenvalue weighted by molar-refractivity contribution is 6.32. The van der Waals surface area contributed by atoms with Gasteiger partial charge in [-0.1, -0.05) is 11.6 Å². The average molecular weight is 341 g/mol. The van der Waals surface area contributed by atoms with E-state index >= 15 is 0 Å². The molecule has 1 saturated heterocycles. The van der Waals surface area contributed by atoms with Crippen LogP contribution >= 0.6 is 11.6 Å². The Hall–Kier alpha value is -1.95. The molecule has 7 heteroatoms. The number of hydrogen-bond donors (Lipinski definition) is 0. The second-order valence-electron chi connectivity index (χ2n) is 5.18. The lowest BCUT2D eigenvalue weighted by atomic mass is 10.2. The average Bonchev–Trinajstić information content (AvgIpc) is 2.81. The number of halogens is 1. The molecule has 0 aromatic heterocycles. The van der Waals surface area contributed by atoms with Crippen molar-refractivity contribution in [2.75, 3.05) is 39.9 Å². The highest BCUT2D eigenvalue weighted by atomic mass is 35.5. The molecule has 1 aromatic rings. The van der Waals surface area contributed by atoms with E-state index in [4.69, 9.17) is 21.1 Å². The van der Waals surface area contributed by atoms with Crippen LogP contribution in [0, 0.1) is 0 Å². The van der Waals surface area contributed by atoms with Gasteiger partial charge in [-0.25, -0.2) is 4.79 Å². The van der Waals surface area contributed by atoms with Crippen molar-refractivity contribution >= 4 is 23.6 Å². The predicted molar refractivity (Wildman–Crippen MR) is 87.1 cm³/mol. The van der Waals surface area contributed by atoms with Crippen molar-refractivity contribution < 1.29 is 19.1 Å². The normalized spacial score (nSPS) is 15.1. The van der Waals surface area contributed by atoms with Gasteiger partial charge in [-0.3, -0.25) is 4.79 Å². The summed E-state index contributed by atoms with van der Waals surface area (Å²) in [5.41, 5.74) is 0.518. The predicted octanol–water partition coefficient (Wildman–Crippen LogP) is 2.65. The minimum atomic E-state index is -0.358. The third kappa shape index (κ3) is 4.28. The van der Waals surface area contributed by atoms with Crippen LogP contribution in [-0.4, -0.2) is 61.7 Å². The van der Waals surface area contributed by atoms with Crippen molar-refractivity contribution in [3.8, 4) is 5.75 Å². The number of nitrogens with zero attached hydrogens (tertiary/aromatic N) is 2. The maximum atomic E-state index is 12.6. The first-order valence-electron chi connectivity index (χ1n) is 7.61. The van der Waals surface area contributed by atoms with Gasteiger partial charge in [-0.2, -0.15) is 0 Å². The third-order valence-electron chi connectivity index (χ3n) is 3.69. The van der Waals surface area contributed by atoms with Crippen LogP contribution in [0.3, 0.4) is 0 Å². The van der Waals surface area contributed by atoms with Crippen molar-refractivity contribution in [3.63, 3.8) is 0 Å². The first-order valence-corrected chi connectivity index (χ1v) is 7.99. The van der Waals surface area contributed by atoms with Crippen LogP contribution < -0.4 is 4.74 Å². The second kappa shape index (κ2) is 8.06. The Bertz CT molecular complexity index is 579. The molecule has 126 valence electrons. The number of hydrogen-bond acceptors (Lipinski definition) is 4. The zero-order valence-electron chi connectivity index (χ0n) is 13.4. The van der Waals surface area contributed by atoms with Crippen LogP contribution in [0.25, 0.3) is 0 Å². The molecule has 0 saturated carbocycles. The lowest BCUT2D eigenvalue weighted by Gasteiger charge is -2.21. The highest BCUT2D eigenvalue weighted by Gasteiger charge is 2.23. The number of rotatable bonds is 3. The van der Waals surface area contributed by atoms with E-state index in [1.54, 1.807) is 28.0 Å². The topological polar surface area (TPSA) is 59.1 Å². The minimum Gasteiger partial charge on any atom is -0.492 e. The quantitative estimate of drug-likeness (QED) is 0.848. The van der Waals surface area contributed by atoms with E-state index in [9.17, 15) is 9.59 Å². The van der Waals surface area contributed by atoms with Gasteiger partial charge < -0.3 is 19.3 Å². The Labute approximate surface area is 140 Å². The maximum absolute atomic E-state index is 12.6. The van der Waals surface area contributed by atoms with E-state index in [0.717, 1.165) is 0 Å². The molecule has 2 rings (SSSR count). The van der Waals surface area contributed by atoms with Crippen LogP contribution in [0.1, 0.15) is 23.7 Å².